The van der Waals surface area contributed by atoms with Crippen LogP contribution < -0.4 is 14.8 Å². The second-order valence-corrected chi connectivity index (χ2v) is 4.75. The summed E-state index contributed by atoms with van der Waals surface area (Å²) in [7, 11) is 1.63. The first kappa shape index (κ1) is 13.5. The van der Waals surface area contributed by atoms with Gasteiger partial charge in [-0.1, -0.05) is 11.6 Å². The number of hydrogen-bond acceptors (Lipinski definition) is 3. The van der Waals surface area contributed by atoms with Gasteiger partial charge in [0.05, 0.1) is 19.2 Å². The smallest absolute Gasteiger partial charge is 0.255 e. The number of hydrogen-bond donors (Lipinski definition) is 1. The van der Waals surface area contributed by atoms with Crippen LogP contribution in [0.1, 0.15) is 29.8 Å². The van der Waals surface area contributed by atoms with Crippen molar-refractivity contribution in [2.24, 2.45) is 0 Å². The Morgan fingerprint density at radius 1 is 1.47 bits per heavy atom. The van der Waals surface area contributed by atoms with Crippen molar-refractivity contribution in [3.63, 3.8) is 0 Å². The van der Waals surface area contributed by atoms with Crippen LogP contribution in [-0.2, 0) is 6.42 Å². The fraction of sp³-hybridized carbons (Fsp3) is 0.400. The van der Waals surface area contributed by atoms with Crippen LogP contribution in [0.2, 0.25) is 0 Å². The Kier molecular flexibility index (Phi) is 4.10. The zero-order valence-corrected chi connectivity index (χ0v) is 11.6. The highest BCUT2D eigenvalue weighted by atomic mass is 16.5. The van der Waals surface area contributed by atoms with Gasteiger partial charge in [0.2, 0.25) is 0 Å². The summed E-state index contributed by atoms with van der Waals surface area (Å²) in [6.45, 7) is 5.10. The fourth-order valence-electron chi connectivity index (χ4n) is 1.99. The number of carbonyl (C=O) groups excluding carboxylic acids is 1. The molecular weight excluding hydrogens is 242 g/mol. The van der Waals surface area contributed by atoms with E-state index in [1.54, 1.807) is 13.2 Å². The average molecular weight is 261 g/mol. The minimum Gasteiger partial charge on any atom is -0.496 e. The first-order chi connectivity index (χ1) is 9.11. The molecule has 0 radical (unpaired) electrons. The van der Waals surface area contributed by atoms with Crippen molar-refractivity contribution in [3.05, 3.63) is 34.9 Å². The van der Waals surface area contributed by atoms with E-state index in [1.165, 1.54) is 5.57 Å². The molecule has 0 atom stereocenters. The minimum absolute atomic E-state index is 0.0893. The Labute approximate surface area is 113 Å². The molecule has 1 amide bonds. The summed E-state index contributed by atoms with van der Waals surface area (Å²) < 4.78 is 10.9. The van der Waals surface area contributed by atoms with Crippen molar-refractivity contribution >= 4 is 5.91 Å². The molecule has 102 valence electrons. The molecule has 2 rings (SSSR count). The summed E-state index contributed by atoms with van der Waals surface area (Å²) in [5.74, 6) is 1.26. The van der Waals surface area contributed by atoms with E-state index in [4.69, 9.17) is 9.47 Å². The number of benzene rings is 1. The summed E-state index contributed by atoms with van der Waals surface area (Å²) in [5, 5.41) is 2.81. The maximum atomic E-state index is 11.9. The predicted molar refractivity (Wildman–Crippen MR) is 74.0 cm³/mol. The molecule has 0 saturated heterocycles. The van der Waals surface area contributed by atoms with E-state index in [2.05, 4.69) is 11.4 Å². The van der Waals surface area contributed by atoms with Crippen LogP contribution in [-0.4, -0.2) is 26.2 Å². The molecule has 1 aliphatic heterocycles. The van der Waals surface area contributed by atoms with Crippen molar-refractivity contribution in [1.82, 2.24) is 5.32 Å². The molecule has 1 heterocycles. The molecule has 1 aromatic rings. The van der Waals surface area contributed by atoms with Gasteiger partial charge < -0.3 is 14.8 Å². The molecule has 1 N–H and O–H groups in total. The quantitative estimate of drug-likeness (QED) is 0.849. The third-order valence-electron chi connectivity index (χ3n) is 3.00. The maximum Gasteiger partial charge on any atom is 0.255 e. The van der Waals surface area contributed by atoms with E-state index in [0.29, 0.717) is 24.5 Å². The van der Waals surface area contributed by atoms with Crippen LogP contribution in [0.3, 0.4) is 0 Å². The van der Waals surface area contributed by atoms with E-state index in [0.717, 1.165) is 17.7 Å². The van der Waals surface area contributed by atoms with Gasteiger partial charge in [0.1, 0.15) is 18.1 Å². The molecule has 0 spiro atoms. The molecule has 0 aromatic heterocycles. The third-order valence-corrected chi connectivity index (χ3v) is 3.00. The lowest BCUT2D eigenvalue weighted by atomic mass is 10.0. The molecule has 0 bridgehead atoms. The number of amides is 1. The molecule has 4 heteroatoms. The topological polar surface area (TPSA) is 47.6 Å². The van der Waals surface area contributed by atoms with Gasteiger partial charge in [0, 0.05) is 6.07 Å². The first-order valence-electron chi connectivity index (χ1n) is 6.37. The van der Waals surface area contributed by atoms with E-state index >= 15 is 0 Å². The second kappa shape index (κ2) is 5.78. The van der Waals surface area contributed by atoms with Crippen LogP contribution in [0.4, 0.5) is 0 Å². The molecule has 19 heavy (non-hydrogen) atoms. The van der Waals surface area contributed by atoms with Gasteiger partial charge in [-0.25, -0.2) is 0 Å². The van der Waals surface area contributed by atoms with Crippen LogP contribution in [0.5, 0.6) is 11.5 Å². The van der Waals surface area contributed by atoms with E-state index in [-0.39, 0.29) is 5.91 Å². The monoisotopic (exact) mass is 261 g/mol. The number of carbonyl (C=O) groups is 1. The van der Waals surface area contributed by atoms with Gasteiger partial charge in [-0.2, -0.15) is 0 Å². The maximum absolute atomic E-state index is 11.9. The number of methoxy groups -OCH3 is 1. The van der Waals surface area contributed by atoms with E-state index in [1.807, 2.05) is 19.9 Å². The van der Waals surface area contributed by atoms with Crippen LogP contribution in [0.25, 0.3) is 0 Å². The Balaban J connectivity index is 2.43. The van der Waals surface area contributed by atoms with Crippen molar-refractivity contribution in [2.75, 3.05) is 20.3 Å². The highest BCUT2D eigenvalue weighted by Crippen LogP contribution is 2.30. The van der Waals surface area contributed by atoms with Crippen LogP contribution >= 0.6 is 0 Å². The van der Waals surface area contributed by atoms with Gasteiger partial charge in [0.25, 0.3) is 5.91 Å². The van der Waals surface area contributed by atoms with Crippen molar-refractivity contribution in [1.29, 1.82) is 0 Å². The number of nitrogens with one attached hydrogen (secondary N) is 1. The van der Waals surface area contributed by atoms with Crippen LogP contribution in [0, 0.1) is 0 Å². The lowest BCUT2D eigenvalue weighted by Crippen LogP contribution is -2.24. The summed E-state index contributed by atoms with van der Waals surface area (Å²) in [4.78, 5) is 11.9. The lowest BCUT2D eigenvalue weighted by Gasteiger charge is -2.12. The molecule has 1 aromatic carbocycles. The van der Waals surface area contributed by atoms with Gasteiger partial charge in [0.15, 0.2) is 0 Å². The molecule has 4 nitrogen and oxygen atoms in total. The highest BCUT2D eigenvalue weighted by Gasteiger charge is 2.19. The van der Waals surface area contributed by atoms with Gasteiger partial charge in [-0.15, -0.1) is 0 Å². The Bertz CT molecular complexity index is 516. The van der Waals surface area contributed by atoms with Crippen LogP contribution in [0.15, 0.2) is 23.8 Å². The third kappa shape index (κ3) is 3.08. The minimum atomic E-state index is -0.0893. The Morgan fingerprint density at radius 3 is 2.95 bits per heavy atom. The Morgan fingerprint density at radius 2 is 2.26 bits per heavy atom. The largest absolute Gasteiger partial charge is 0.496 e. The zero-order chi connectivity index (χ0) is 13.8. The highest BCUT2D eigenvalue weighted by molar-refractivity contribution is 5.97. The summed E-state index contributed by atoms with van der Waals surface area (Å²) >= 11 is 0. The number of fused-ring (bicyclic) bond motifs is 1. The van der Waals surface area contributed by atoms with E-state index in [9.17, 15) is 4.79 Å². The summed E-state index contributed by atoms with van der Waals surface area (Å²) in [5.41, 5.74) is 2.80. The molecule has 0 fully saturated rings. The normalized spacial score (nSPS) is 13.7. The summed E-state index contributed by atoms with van der Waals surface area (Å²) in [6, 6.07) is 3.66. The SMILES string of the molecule is COc1cc2c(cc1CC=C(C)C)C(=O)NCCO2. The molecular formula is C15H19NO3. The van der Waals surface area contributed by atoms with Gasteiger partial charge >= 0.3 is 0 Å². The van der Waals surface area contributed by atoms with Gasteiger partial charge in [-0.3, -0.25) is 4.79 Å². The molecule has 0 saturated carbocycles. The Hall–Kier alpha value is -1.97. The van der Waals surface area contributed by atoms with Gasteiger partial charge in [-0.05, 0) is 31.9 Å². The van der Waals surface area contributed by atoms with Crippen molar-refractivity contribution in [3.8, 4) is 11.5 Å². The lowest BCUT2D eigenvalue weighted by molar-refractivity contribution is 0.0957. The average Bonchev–Trinajstić information content (AvgIpc) is 2.57. The first-order valence-corrected chi connectivity index (χ1v) is 6.37. The second-order valence-electron chi connectivity index (χ2n) is 4.75. The molecule has 1 aliphatic rings. The molecule has 0 unspecified atom stereocenters. The summed E-state index contributed by atoms with van der Waals surface area (Å²) in [6.07, 6.45) is 2.85. The van der Waals surface area contributed by atoms with Crippen molar-refractivity contribution < 1.29 is 14.3 Å². The van der Waals surface area contributed by atoms with Crippen molar-refractivity contribution in [2.45, 2.75) is 20.3 Å². The molecule has 0 aliphatic carbocycles. The number of ether oxygens (including phenoxy) is 2. The number of allylic oxidation sites excluding steroid dienone is 2. The fourth-order valence-corrected chi connectivity index (χ4v) is 1.99. The zero-order valence-electron chi connectivity index (χ0n) is 11.6. The standard InChI is InChI=1S/C15H19NO3/c1-10(2)4-5-11-8-12-14(9-13(11)18-3)19-7-6-16-15(12)17/h4,8-9H,5-7H2,1-3H3,(H,16,17). The number of rotatable bonds is 3. The predicted octanol–water partition coefficient (Wildman–Crippen LogP) is 2.33. The van der Waals surface area contributed by atoms with E-state index < -0.39 is 0 Å².